The molecule has 1 fully saturated rings. The van der Waals surface area contributed by atoms with Crippen molar-refractivity contribution in [3.63, 3.8) is 0 Å². The second kappa shape index (κ2) is 12.3. The molecule has 25 heavy (non-hydrogen) atoms. The molecule has 7 heteroatoms. The molecule has 0 aromatic rings. The van der Waals surface area contributed by atoms with Crippen LogP contribution in [0.1, 0.15) is 46.5 Å². The molecule has 0 saturated carbocycles. The molecule has 0 radical (unpaired) electrons. The summed E-state index contributed by atoms with van der Waals surface area (Å²) in [5, 5.41) is 2.27. The van der Waals surface area contributed by atoms with Gasteiger partial charge >= 0.3 is 29.6 Å². The van der Waals surface area contributed by atoms with Crippen LogP contribution in [0.4, 0.5) is 0 Å². The Balaban J connectivity index is 0.00000576. The van der Waals surface area contributed by atoms with Crippen molar-refractivity contribution >= 4 is 29.6 Å². The van der Waals surface area contributed by atoms with Crippen LogP contribution in [0.15, 0.2) is 0 Å². The number of hydrazine groups is 2. The average Bonchev–Trinajstić information content (AvgIpc) is 2.48. The third-order valence-electron chi connectivity index (χ3n) is 5.47. The van der Waals surface area contributed by atoms with Gasteiger partial charge < -0.3 is 9.80 Å². The van der Waals surface area contributed by atoms with Crippen LogP contribution < -0.4 is 10.9 Å². The van der Waals surface area contributed by atoms with Crippen LogP contribution in [0.2, 0.25) is 0 Å². The number of hydrogen-bond donors (Lipinski definition) is 2. The van der Waals surface area contributed by atoms with Gasteiger partial charge in [-0.15, -0.1) is 0 Å². The van der Waals surface area contributed by atoms with Gasteiger partial charge in [0.1, 0.15) is 0 Å². The number of likely N-dealkylation sites (N-methyl/N-ethyl adjacent to an activating group) is 2. The second-order valence-corrected chi connectivity index (χ2v) is 7.81. The quantitative estimate of drug-likeness (QED) is 0.587. The van der Waals surface area contributed by atoms with E-state index in [0.29, 0.717) is 30.3 Å². The zero-order chi connectivity index (χ0) is 18.4. The monoisotopic (exact) mass is 366 g/mol. The molecular formula is C18H43N6Na. The van der Waals surface area contributed by atoms with Crippen molar-refractivity contribution in [3.8, 4) is 0 Å². The van der Waals surface area contributed by atoms with E-state index in [1.54, 1.807) is 0 Å². The van der Waals surface area contributed by atoms with E-state index < -0.39 is 0 Å². The van der Waals surface area contributed by atoms with Gasteiger partial charge in [-0.3, -0.25) is 4.90 Å². The van der Waals surface area contributed by atoms with Gasteiger partial charge in [0.25, 0.3) is 0 Å². The van der Waals surface area contributed by atoms with Crippen LogP contribution in [0.3, 0.4) is 0 Å². The van der Waals surface area contributed by atoms with Crippen LogP contribution in [-0.2, 0) is 0 Å². The molecule has 0 amide bonds. The third kappa shape index (κ3) is 7.01. The van der Waals surface area contributed by atoms with Gasteiger partial charge in [0.2, 0.25) is 0 Å². The second-order valence-electron chi connectivity index (χ2n) is 7.81. The van der Waals surface area contributed by atoms with Gasteiger partial charge in [0.05, 0.1) is 6.17 Å². The van der Waals surface area contributed by atoms with Gasteiger partial charge in [-0.2, -0.15) is 5.12 Å². The predicted octanol–water partition coefficient (Wildman–Crippen LogP) is 0.768. The summed E-state index contributed by atoms with van der Waals surface area (Å²) in [6.07, 6.45) is 4.87. The molecule has 5 atom stereocenters. The molecule has 1 saturated heterocycles. The molecule has 0 spiro atoms. The van der Waals surface area contributed by atoms with E-state index >= 15 is 0 Å². The van der Waals surface area contributed by atoms with Gasteiger partial charge in [-0.1, -0.05) is 20.8 Å². The fourth-order valence-electron chi connectivity index (χ4n) is 4.23. The molecule has 0 bridgehead atoms. The van der Waals surface area contributed by atoms with E-state index in [2.05, 4.69) is 93.7 Å². The predicted molar refractivity (Wildman–Crippen MR) is 111 cm³/mol. The summed E-state index contributed by atoms with van der Waals surface area (Å²) in [6.45, 7) is 6.83. The Morgan fingerprint density at radius 1 is 0.760 bits per heavy atom. The Kier molecular flexibility index (Phi) is 12.6. The Bertz CT molecular complexity index is 294. The minimum absolute atomic E-state index is 0. The van der Waals surface area contributed by atoms with Gasteiger partial charge in [-0.05, 0) is 68.0 Å². The van der Waals surface area contributed by atoms with Crippen LogP contribution in [-0.4, -0.2) is 122 Å². The molecule has 0 aliphatic carbocycles. The van der Waals surface area contributed by atoms with Gasteiger partial charge in [-0.25, -0.2) is 10.9 Å². The molecule has 0 aromatic heterocycles. The summed E-state index contributed by atoms with van der Waals surface area (Å²) in [5.74, 6) is 0. The molecular weight excluding hydrogens is 323 g/mol. The Labute approximate surface area is 178 Å². The van der Waals surface area contributed by atoms with E-state index in [4.69, 9.17) is 0 Å². The van der Waals surface area contributed by atoms with Crippen LogP contribution in [0, 0.1) is 0 Å². The van der Waals surface area contributed by atoms with E-state index in [9.17, 15) is 0 Å². The molecule has 146 valence electrons. The van der Waals surface area contributed by atoms with Crippen LogP contribution >= 0.6 is 0 Å². The fourth-order valence-corrected chi connectivity index (χ4v) is 4.23. The summed E-state index contributed by atoms with van der Waals surface area (Å²) in [5.41, 5.74) is 7.57. The first-order valence-electron chi connectivity index (χ1n) is 9.57. The number of rotatable bonds is 9. The fraction of sp³-hybridized carbons (Fsp3) is 1.00. The normalized spacial score (nSPS) is 25.9. The molecule has 0 aromatic carbocycles. The molecule has 1 heterocycles. The van der Waals surface area contributed by atoms with Gasteiger partial charge in [0.15, 0.2) is 0 Å². The minimum atomic E-state index is 0. The first-order chi connectivity index (χ1) is 11.3. The summed E-state index contributed by atoms with van der Waals surface area (Å²) < 4.78 is 0. The molecule has 1 rings (SSSR count). The molecule has 6 nitrogen and oxygen atoms in total. The van der Waals surface area contributed by atoms with E-state index in [0.717, 1.165) is 25.7 Å². The zero-order valence-electron chi connectivity index (χ0n) is 17.5. The average molecular weight is 367 g/mol. The van der Waals surface area contributed by atoms with Crippen molar-refractivity contribution in [2.75, 3.05) is 42.3 Å². The van der Waals surface area contributed by atoms with E-state index in [1.807, 2.05) is 0 Å². The summed E-state index contributed by atoms with van der Waals surface area (Å²) in [6, 6.07) is 1.99. The maximum atomic E-state index is 3.79. The first-order valence-corrected chi connectivity index (χ1v) is 9.57. The summed E-state index contributed by atoms with van der Waals surface area (Å²) in [7, 11) is 13.1. The van der Waals surface area contributed by atoms with Crippen molar-refractivity contribution in [2.24, 2.45) is 0 Å². The van der Waals surface area contributed by atoms with Crippen molar-refractivity contribution in [1.82, 2.24) is 30.7 Å². The Morgan fingerprint density at radius 2 is 1.16 bits per heavy atom. The maximum absolute atomic E-state index is 3.79. The zero-order valence-corrected chi connectivity index (χ0v) is 17.5. The van der Waals surface area contributed by atoms with Crippen LogP contribution in [0.25, 0.3) is 0 Å². The standard InChI is InChI=1S/C18H42N6.Na.H/c1-10-16(21(4)5)14-13-15(17(11-2)22(6)7)20-24(19-14)18(12-3)23(8)9;;/h14-20H,10-13H2,1-9H3;;. The Hall–Kier alpha value is 0.760. The molecule has 5 unspecified atom stereocenters. The van der Waals surface area contributed by atoms with Crippen molar-refractivity contribution in [1.29, 1.82) is 0 Å². The van der Waals surface area contributed by atoms with E-state index in [1.165, 1.54) is 0 Å². The van der Waals surface area contributed by atoms with Crippen molar-refractivity contribution in [3.05, 3.63) is 0 Å². The molecule has 1 aliphatic rings. The SMILES string of the molecule is CCC(C1CC(C(CC)N(C)C)NN(C(CC)N(C)C)N1)N(C)C.[NaH]. The third-order valence-corrected chi connectivity index (χ3v) is 5.47. The van der Waals surface area contributed by atoms with Crippen molar-refractivity contribution < 1.29 is 0 Å². The molecule has 1 aliphatic heterocycles. The summed E-state index contributed by atoms with van der Waals surface area (Å²) in [4.78, 5) is 7.02. The van der Waals surface area contributed by atoms with E-state index in [-0.39, 0.29) is 29.6 Å². The van der Waals surface area contributed by atoms with Crippen LogP contribution in [0.5, 0.6) is 0 Å². The number of hydrogen-bond acceptors (Lipinski definition) is 6. The van der Waals surface area contributed by atoms with Gasteiger partial charge in [0, 0.05) is 24.2 Å². The number of nitrogens with one attached hydrogen (secondary N) is 2. The Morgan fingerprint density at radius 3 is 1.40 bits per heavy atom. The van der Waals surface area contributed by atoms with Crippen molar-refractivity contribution in [2.45, 2.75) is 76.8 Å². The topological polar surface area (TPSA) is 37.0 Å². The number of nitrogens with zero attached hydrogens (tertiary/aromatic N) is 4. The molecule has 2 N–H and O–H groups in total. The first kappa shape index (κ1) is 25.8. The summed E-state index contributed by atoms with van der Waals surface area (Å²) >= 11 is 0.